The van der Waals surface area contributed by atoms with Crippen LogP contribution in [0.2, 0.25) is 5.02 Å². The van der Waals surface area contributed by atoms with E-state index in [1.165, 1.54) is 25.1 Å². The van der Waals surface area contributed by atoms with Crippen LogP contribution in [-0.2, 0) is 27.2 Å². The molecule has 0 heterocycles. The maximum atomic E-state index is 14.0. The van der Waals surface area contributed by atoms with Crippen molar-refractivity contribution in [2.45, 2.75) is 31.8 Å². The van der Waals surface area contributed by atoms with Crippen molar-refractivity contribution in [2.24, 2.45) is 5.73 Å². The molecule has 0 aliphatic heterocycles. The van der Waals surface area contributed by atoms with Crippen LogP contribution in [-0.4, -0.2) is 29.8 Å². The molecular weight excluding hydrogens is 465 g/mol. The minimum atomic E-state index is -1.07. The number of nitrogens with two attached hydrogens (primary N) is 1. The van der Waals surface area contributed by atoms with Gasteiger partial charge in [-0.1, -0.05) is 45.7 Å². The van der Waals surface area contributed by atoms with Gasteiger partial charge in [0.05, 0.1) is 0 Å². The van der Waals surface area contributed by atoms with E-state index in [2.05, 4.69) is 26.6 Å². The van der Waals surface area contributed by atoms with Gasteiger partial charge in [0.2, 0.25) is 17.7 Å². The molecule has 0 aliphatic carbocycles. The Morgan fingerprint density at radius 1 is 1.07 bits per heavy atom. The number of nitrogens with one attached hydrogen (secondary N) is 2. The minimum Gasteiger partial charge on any atom is -0.368 e. The molecule has 29 heavy (non-hydrogen) atoms. The summed E-state index contributed by atoms with van der Waals surface area (Å²) in [6.45, 7) is 1.25. The van der Waals surface area contributed by atoms with Crippen LogP contribution in [0.4, 0.5) is 4.39 Å². The largest absolute Gasteiger partial charge is 0.368 e. The minimum absolute atomic E-state index is 0.0789. The Bertz CT molecular complexity index is 926. The lowest BCUT2D eigenvalue weighted by Gasteiger charge is -2.22. The van der Waals surface area contributed by atoms with E-state index in [1.54, 1.807) is 24.3 Å². The van der Waals surface area contributed by atoms with Gasteiger partial charge in [-0.25, -0.2) is 4.39 Å². The average molecular weight is 485 g/mol. The molecule has 4 N–H and O–H groups in total. The molecule has 2 aromatic carbocycles. The van der Waals surface area contributed by atoms with E-state index < -0.39 is 35.6 Å². The second-order valence-corrected chi connectivity index (χ2v) is 7.74. The summed E-state index contributed by atoms with van der Waals surface area (Å²) in [6, 6.07) is 8.86. The molecule has 0 unspecified atom stereocenters. The molecule has 0 aliphatic rings. The van der Waals surface area contributed by atoms with Gasteiger partial charge < -0.3 is 16.4 Å². The van der Waals surface area contributed by atoms with Gasteiger partial charge >= 0.3 is 0 Å². The van der Waals surface area contributed by atoms with E-state index in [0.29, 0.717) is 15.1 Å². The molecule has 0 radical (unpaired) electrons. The summed E-state index contributed by atoms with van der Waals surface area (Å²) >= 11 is 9.36. The lowest BCUT2D eigenvalue weighted by Crippen LogP contribution is -2.54. The van der Waals surface area contributed by atoms with Crippen molar-refractivity contribution >= 4 is 45.3 Å². The molecule has 9 heteroatoms. The highest BCUT2D eigenvalue weighted by atomic mass is 79.9. The summed E-state index contributed by atoms with van der Waals surface area (Å²) < 4.78 is 14.7. The Hall–Kier alpha value is -2.45. The highest BCUT2D eigenvalue weighted by molar-refractivity contribution is 9.10. The predicted molar refractivity (Wildman–Crippen MR) is 112 cm³/mol. The van der Waals surface area contributed by atoms with Crippen molar-refractivity contribution in [2.75, 3.05) is 0 Å². The maximum Gasteiger partial charge on any atom is 0.243 e. The van der Waals surface area contributed by atoms with Gasteiger partial charge in [0.1, 0.15) is 17.9 Å². The Kier molecular flexibility index (Phi) is 8.16. The third-order valence-corrected chi connectivity index (χ3v) is 5.18. The molecule has 0 fully saturated rings. The number of hydrogen-bond acceptors (Lipinski definition) is 3. The summed E-state index contributed by atoms with van der Waals surface area (Å²) in [5, 5.41) is 5.49. The first-order valence-corrected chi connectivity index (χ1v) is 9.88. The fourth-order valence-electron chi connectivity index (χ4n) is 2.75. The normalized spacial score (nSPS) is 12.7. The molecule has 0 bridgehead atoms. The monoisotopic (exact) mass is 483 g/mol. The molecule has 0 aromatic heterocycles. The number of benzene rings is 2. The molecule has 154 valence electrons. The van der Waals surface area contributed by atoms with Crippen LogP contribution in [0.3, 0.4) is 0 Å². The lowest BCUT2D eigenvalue weighted by molar-refractivity contribution is -0.130. The van der Waals surface area contributed by atoms with E-state index in [-0.39, 0.29) is 18.4 Å². The van der Waals surface area contributed by atoms with Gasteiger partial charge in [-0.3, -0.25) is 14.4 Å². The lowest BCUT2D eigenvalue weighted by atomic mass is 10.0. The topological polar surface area (TPSA) is 101 Å². The number of rotatable bonds is 8. The second kappa shape index (κ2) is 10.4. The molecule has 0 spiro atoms. The van der Waals surface area contributed by atoms with Crippen LogP contribution in [0.25, 0.3) is 0 Å². The number of halogens is 3. The first-order chi connectivity index (χ1) is 13.7. The molecular formula is C20H20BrClFN3O3. The summed E-state index contributed by atoms with van der Waals surface area (Å²) in [5.74, 6) is -2.36. The molecule has 0 saturated heterocycles. The number of primary amides is 1. The van der Waals surface area contributed by atoms with E-state index in [4.69, 9.17) is 17.3 Å². The van der Waals surface area contributed by atoms with Gasteiger partial charge in [-0.15, -0.1) is 0 Å². The van der Waals surface area contributed by atoms with E-state index in [0.717, 1.165) is 0 Å². The smallest absolute Gasteiger partial charge is 0.243 e. The van der Waals surface area contributed by atoms with Crippen LogP contribution in [0, 0.1) is 5.82 Å². The fourth-order valence-corrected chi connectivity index (χ4v) is 3.36. The van der Waals surface area contributed by atoms with Crippen LogP contribution < -0.4 is 16.4 Å². The highest BCUT2D eigenvalue weighted by Gasteiger charge is 2.26. The van der Waals surface area contributed by atoms with E-state index in [1.807, 2.05) is 0 Å². The zero-order chi connectivity index (χ0) is 21.6. The number of carbonyl (C=O) groups excluding carboxylic acids is 3. The van der Waals surface area contributed by atoms with Crippen molar-refractivity contribution in [3.8, 4) is 0 Å². The average Bonchev–Trinajstić information content (AvgIpc) is 2.64. The molecule has 6 nitrogen and oxygen atoms in total. The van der Waals surface area contributed by atoms with Gasteiger partial charge in [-0.05, 0) is 35.4 Å². The molecule has 0 saturated carbocycles. The van der Waals surface area contributed by atoms with E-state index in [9.17, 15) is 18.8 Å². The SMILES string of the molecule is CC(=O)N[C@H](Cc1ccccc1F)C(=O)N[C@@H](Cc1cc(Cl)ccc1Br)C(N)=O. The van der Waals surface area contributed by atoms with Crippen LogP contribution in [0.1, 0.15) is 18.1 Å². The van der Waals surface area contributed by atoms with Crippen LogP contribution >= 0.6 is 27.5 Å². The van der Waals surface area contributed by atoms with Gasteiger partial charge in [0.25, 0.3) is 0 Å². The molecule has 2 atom stereocenters. The highest BCUT2D eigenvalue weighted by Crippen LogP contribution is 2.22. The first-order valence-electron chi connectivity index (χ1n) is 8.71. The van der Waals surface area contributed by atoms with Gasteiger partial charge in [-0.2, -0.15) is 0 Å². The second-order valence-electron chi connectivity index (χ2n) is 6.45. The van der Waals surface area contributed by atoms with Crippen molar-refractivity contribution < 1.29 is 18.8 Å². The predicted octanol–water partition coefficient (Wildman–Crippen LogP) is 2.50. The zero-order valence-corrected chi connectivity index (χ0v) is 17.9. The molecule has 3 amide bonds. The van der Waals surface area contributed by atoms with Crippen molar-refractivity contribution in [3.63, 3.8) is 0 Å². The van der Waals surface area contributed by atoms with Crippen molar-refractivity contribution in [3.05, 3.63) is 68.9 Å². The van der Waals surface area contributed by atoms with Crippen LogP contribution in [0.5, 0.6) is 0 Å². The fraction of sp³-hybridized carbons (Fsp3) is 0.250. The summed E-state index contributed by atoms with van der Waals surface area (Å²) in [4.78, 5) is 36.2. The van der Waals surface area contributed by atoms with Crippen molar-refractivity contribution in [1.82, 2.24) is 10.6 Å². The van der Waals surface area contributed by atoms with Crippen LogP contribution in [0.15, 0.2) is 46.9 Å². The van der Waals surface area contributed by atoms with Gasteiger partial charge in [0.15, 0.2) is 0 Å². The quantitative estimate of drug-likeness (QED) is 0.536. The third-order valence-electron chi connectivity index (χ3n) is 4.17. The number of amides is 3. The Morgan fingerprint density at radius 2 is 1.72 bits per heavy atom. The Morgan fingerprint density at radius 3 is 2.34 bits per heavy atom. The standard InChI is InChI=1S/C20H20BrClFN3O3/c1-11(27)25-18(9-12-4-2-3-5-16(12)23)20(29)26-17(19(24)28)10-13-8-14(22)6-7-15(13)21/h2-8,17-18H,9-10H2,1H3,(H2,24,28)(H,25,27)(H,26,29)/t17-,18+/m0/s1. The number of carbonyl (C=O) groups is 3. The summed E-state index contributed by atoms with van der Waals surface area (Å²) in [7, 11) is 0. The molecule has 2 rings (SSSR count). The van der Waals surface area contributed by atoms with Crippen molar-refractivity contribution in [1.29, 1.82) is 0 Å². The summed E-state index contributed by atoms with van der Waals surface area (Å²) in [5.41, 5.74) is 6.38. The van der Waals surface area contributed by atoms with Gasteiger partial charge in [0, 0.05) is 29.3 Å². The Labute approximate surface area is 181 Å². The summed E-state index contributed by atoms with van der Waals surface area (Å²) in [6.07, 6.45) is 0.0130. The number of hydrogen-bond donors (Lipinski definition) is 3. The third kappa shape index (κ3) is 6.83. The molecule has 2 aromatic rings. The van der Waals surface area contributed by atoms with E-state index >= 15 is 0 Å². The maximum absolute atomic E-state index is 14.0. The zero-order valence-electron chi connectivity index (χ0n) is 15.5. The first kappa shape index (κ1) is 22.8. The Balaban J connectivity index is 2.19.